The van der Waals surface area contributed by atoms with Gasteiger partial charge in [0.2, 0.25) is 11.7 Å². The Hall–Kier alpha value is -3.40. The molecule has 0 saturated heterocycles. The molecule has 0 fully saturated rings. The number of carbonyl (C=O) groups is 1. The van der Waals surface area contributed by atoms with E-state index in [2.05, 4.69) is 20.5 Å². The minimum atomic E-state index is -0.171. The van der Waals surface area contributed by atoms with Gasteiger partial charge in [0.1, 0.15) is 0 Å². The van der Waals surface area contributed by atoms with Crippen molar-refractivity contribution in [1.82, 2.24) is 19.7 Å². The summed E-state index contributed by atoms with van der Waals surface area (Å²) >= 11 is 8.80. The average molecular weight is 508 g/mol. The van der Waals surface area contributed by atoms with Crippen molar-refractivity contribution in [3.05, 3.63) is 94.7 Å². The molecule has 0 atom stereocenters. The number of aromatic nitrogens is 4. The molecule has 5 aromatic rings. The zero-order valence-electron chi connectivity index (χ0n) is 17.7. The number of hydrogen-bond acceptors (Lipinski definition) is 7. The van der Waals surface area contributed by atoms with Crippen molar-refractivity contribution in [3.8, 4) is 17.3 Å². The van der Waals surface area contributed by atoms with Crippen molar-refractivity contribution >= 4 is 45.7 Å². The summed E-state index contributed by atoms with van der Waals surface area (Å²) in [6.45, 7) is 0. The lowest BCUT2D eigenvalue weighted by molar-refractivity contribution is -0.113. The molecule has 0 spiro atoms. The Balaban J connectivity index is 1.26. The number of thioether (sulfide) groups is 1. The van der Waals surface area contributed by atoms with E-state index < -0.39 is 0 Å². The Morgan fingerprint density at radius 2 is 1.97 bits per heavy atom. The summed E-state index contributed by atoms with van der Waals surface area (Å²) < 4.78 is 7.40. The fraction of sp³-hybridized carbons (Fsp3) is 0.0833. The third kappa shape index (κ3) is 5.22. The van der Waals surface area contributed by atoms with E-state index in [1.165, 1.54) is 23.1 Å². The second-order valence-corrected chi connectivity index (χ2v) is 9.72. The summed E-state index contributed by atoms with van der Waals surface area (Å²) in [5.41, 5.74) is 1.98. The molecule has 3 aromatic heterocycles. The minimum Gasteiger partial charge on any atom is -0.461 e. The van der Waals surface area contributed by atoms with Crippen LogP contribution in [0.1, 0.15) is 10.4 Å². The van der Waals surface area contributed by atoms with E-state index in [9.17, 15) is 4.79 Å². The molecule has 1 amide bonds. The van der Waals surface area contributed by atoms with Crippen molar-refractivity contribution in [1.29, 1.82) is 0 Å². The van der Waals surface area contributed by atoms with Gasteiger partial charge in [0.15, 0.2) is 16.0 Å². The van der Waals surface area contributed by atoms with Gasteiger partial charge in [-0.1, -0.05) is 53.7 Å². The van der Waals surface area contributed by atoms with Gasteiger partial charge in [-0.3, -0.25) is 9.36 Å². The number of nitrogens with one attached hydrogen (secondary N) is 1. The molecule has 5 rings (SSSR count). The number of anilines is 1. The van der Waals surface area contributed by atoms with E-state index in [4.69, 9.17) is 16.0 Å². The first-order valence-corrected chi connectivity index (χ1v) is 12.5. The van der Waals surface area contributed by atoms with E-state index in [1.54, 1.807) is 18.5 Å². The number of rotatable bonds is 8. The van der Waals surface area contributed by atoms with Crippen LogP contribution in [0.5, 0.6) is 0 Å². The minimum absolute atomic E-state index is 0.159. The van der Waals surface area contributed by atoms with E-state index in [-0.39, 0.29) is 11.7 Å². The van der Waals surface area contributed by atoms with E-state index >= 15 is 0 Å². The van der Waals surface area contributed by atoms with Crippen molar-refractivity contribution < 1.29 is 9.21 Å². The molecule has 0 saturated carbocycles. The third-order valence-electron chi connectivity index (χ3n) is 4.79. The molecule has 0 radical (unpaired) electrons. The molecule has 0 aliphatic heterocycles. The highest BCUT2D eigenvalue weighted by molar-refractivity contribution is 7.99. The Labute approximate surface area is 208 Å². The number of hydrogen-bond donors (Lipinski definition) is 1. The molecule has 7 nitrogen and oxygen atoms in total. The van der Waals surface area contributed by atoms with Crippen molar-refractivity contribution in [2.24, 2.45) is 0 Å². The summed E-state index contributed by atoms with van der Waals surface area (Å²) in [4.78, 5) is 18.0. The van der Waals surface area contributed by atoms with Gasteiger partial charge in [0.25, 0.3) is 0 Å². The highest BCUT2D eigenvalue weighted by Crippen LogP contribution is 2.28. The van der Waals surface area contributed by atoms with Crippen molar-refractivity contribution in [2.45, 2.75) is 11.6 Å². The first-order valence-electron chi connectivity index (χ1n) is 10.3. The number of para-hydroxylation sites is 1. The number of benzene rings is 2. The fourth-order valence-electron chi connectivity index (χ4n) is 3.32. The van der Waals surface area contributed by atoms with E-state index in [0.29, 0.717) is 33.3 Å². The number of amides is 1. The van der Waals surface area contributed by atoms with Gasteiger partial charge in [0.05, 0.1) is 12.0 Å². The number of furan rings is 1. The van der Waals surface area contributed by atoms with Crippen molar-refractivity contribution in [3.63, 3.8) is 0 Å². The molecule has 10 heteroatoms. The average Bonchev–Trinajstić information content (AvgIpc) is 3.59. The molecule has 170 valence electrons. The summed E-state index contributed by atoms with van der Waals surface area (Å²) in [6, 6.07) is 21.1. The maximum Gasteiger partial charge on any atom is 0.236 e. The summed E-state index contributed by atoms with van der Waals surface area (Å²) in [6.07, 6.45) is 4.07. The lowest BCUT2D eigenvalue weighted by Crippen LogP contribution is -2.14. The number of carbonyl (C=O) groups excluding carboxylic acids is 1. The number of nitrogens with zero attached hydrogens (tertiary/aromatic N) is 4. The molecular weight excluding hydrogens is 490 g/mol. The second kappa shape index (κ2) is 10.3. The van der Waals surface area contributed by atoms with Crippen LogP contribution in [0.4, 0.5) is 5.13 Å². The maximum atomic E-state index is 12.6. The van der Waals surface area contributed by atoms with Crippen LogP contribution in [0, 0.1) is 0 Å². The zero-order chi connectivity index (χ0) is 23.3. The monoisotopic (exact) mass is 507 g/mol. The van der Waals surface area contributed by atoms with Gasteiger partial charge in [-0.25, -0.2) is 4.98 Å². The van der Waals surface area contributed by atoms with Gasteiger partial charge >= 0.3 is 0 Å². The fourth-order valence-corrected chi connectivity index (χ4v) is 5.15. The lowest BCUT2D eigenvalue weighted by atomic mass is 10.1. The van der Waals surface area contributed by atoms with E-state index in [1.807, 2.05) is 65.2 Å². The zero-order valence-corrected chi connectivity index (χ0v) is 20.1. The largest absolute Gasteiger partial charge is 0.461 e. The van der Waals surface area contributed by atoms with Crippen molar-refractivity contribution in [2.75, 3.05) is 11.1 Å². The van der Waals surface area contributed by atoms with Gasteiger partial charge in [-0.05, 0) is 42.0 Å². The Bertz CT molecular complexity index is 1400. The van der Waals surface area contributed by atoms with E-state index in [0.717, 1.165) is 16.1 Å². The molecular formula is C24H18ClN5O2S2. The van der Waals surface area contributed by atoms with Crippen LogP contribution in [0.3, 0.4) is 0 Å². The van der Waals surface area contributed by atoms with Crippen LogP contribution in [0.2, 0.25) is 5.02 Å². The van der Waals surface area contributed by atoms with Crippen LogP contribution in [-0.2, 0) is 11.2 Å². The van der Waals surface area contributed by atoms with Crippen LogP contribution in [0.15, 0.2) is 88.8 Å². The predicted octanol–water partition coefficient (Wildman–Crippen LogP) is 5.96. The quantitative estimate of drug-likeness (QED) is 0.261. The first kappa shape index (κ1) is 22.4. The van der Waals surface area contributed by atoms with Gasteiger partial charge in [-0.2, -0.15) is 0 Å². The maximum absolute atomic E-state index is 12.6. The summed E-state index contributed by atoms with van der Waals surface area (Å²) in [5.74, 6) is 1.16. The standard InChI is InChI=1S/C24H18ClN5O2S2/c25-17-7-4-6-16(12-17)13-19-14-26-23(34-19)27-21(31)15-33-24-29-28-22(20-10-5-11-32-20)30(24)18-8-2-1-3-9-18/h1-12,14H,13,15H2,(H,26,27,31). The van der Waals surface area contributed by atoms with Gasteiger partial charge in [0, 0.05) is 28.2 Å². The summed E-state index contributed by atoms with van der Waals surface area (Å²) in [5, 5.41) is 13.3. The highest BCUT2D eigenvalue weighted by atomic mass is 35.5. The van der Waals surface area contributed by atoms with Gasteiger partial charge in [-0.15, -0.1) is 21.5 Å². The Morgan fingerprint density at radius 3 is 2.76 bits per heavy atom. The molecule has 0 unspecified atom stereocenters. The molecule has 2 aromatic carbocycles. The lowest BCUT2D eigenvalue weighted by Gasteiger charge is -2.08. The molecule has 3 heterocycles. The van der Waals surface area contributed by atoms with Gasteiger partial charge < -0.3 is 9.73 Å². The molecule has 34 heavy (non-hydrogen) atoms. The molecule has 0 aliphatic rings. The smallest absolute Gasteiger partial charge is 0.236 e. The van der Waals surface area contributed by atoms with Crippen LogP contribution >= 0.6 is 34.7 Å². The predicted molar refractivity (Wildman–Crippen MR) is 135 cm³/mol. The number of thiazole rings is 1. The van der Waals surface area contributed by atoms with Crippen LogP contribution in [0.25, 0.3) is 17.3 Å². The topological polar surface area (TPSA) is 85.8 Å². The third-order valence-corrected chi connectivity index (χ3v) is 6.87. The molecule has 0 aliphatic carbocycles. The first-order chi connectivity index (χ1) is 16.7. The normalized spacial score (nSPS) is 11.0. The second-order valence-electron chi connectivity index (χ2n) is 7.23. The number of halogens is 1. The molecule has 0 bridgehead atoms. The molecule has 1 N–H and O–H groups in total. The van der Waals surface area contributed by atoms with Crippen LogP contribution < -0.4 is 5.32 Å². The van der Waals surface area contributed by atoms with Crippen LogP contribution in [-0.4, -0.2) is 31.4 Å². The highest BCUT2D eigenvalue weighted by Gasteiger charge is 2.19. The Kier molecular flexibility index (Phi) is 6.75. The Morgan fingerprint density at radius 1 is 1.09 bits per heavy atom. The summed E-state index contributed by atoms with van der Waals surface area (Å²) in [7, 11) is 0. The SMILES string of the molecule is O=C(CSc1nnc(-c2ccco2)n1-c1ccccc1)Nc1ncc(Cc2cccc(Cl)c2)s1.